The molecule has 0 spiro atoms. The van der Waals surface area contributed by atoms with Crippen molar-refractivity contribution in [1.29, 1.82) is 0 Å². The zero-order valence-corrected chi connectivity index (χ0v) is 14.6. The number of aryl methyl sites for hydroxylation is 3. The molecule has 0 aliphatic heterocycles. The molecule has 0 saturated heterocycles. The normalized spacial score (nSPS) is 24.0. The van der Waals surface area contributed by atoms with Gasteiger partial charge in [-0.3, -0.25) is 0 Å². The Balaban J connectivity index is 1.93. The fraction of sp³-hybridized carbons (Fsp3) is 0.700. The van der Waals surface area contributed by atoms with Crippen LogP contribution in [0.15, 0.2) is 12.1 Å². The van der Waals surface area contributed by atoms with Gasteiger partial charge in [-0.25, -0.2) is 0 Å². The lowest BCUT2D eigenvalue weighted by Crippen LogP contribution is -2.35. The van der Waals surface area contributed by atoms with E-state index in [2.05, 4.69) is 52.1 Å². The van der Waals surface area contributed by atoms with E-state index in [0.717, 1.165) is 5.92 Å². The first-order valence-electron chi connectivity index (χ1n) is 8.85. The molecule has 1 aliphatic carbocycles. The van der Waals surface area contributed by atoms with Gasteiger partial charge in [-0.1, -0.05) is 31.9 Å². The standard InChI is InChI=1S/C20H33N/c1-6-7-18-8-10-19(11-9-18)21-17(5)20-13-15(3)14(2)12-16(20)4/h12-13,17-19,21H,6-11H2,1-5H3. The van der Waals surface area contributed by atoms with E-state index in [1.54, 1.807) is 0 Å². The van der Waals surface area contributed by atoms with Crippen LogP contribution in [0.25, 0.3) is 0 Å². The molecule has 1 N–H and O–H groups in total. The highest BCUT2D eigenvalue weighted by atomic mass is 14.9. The van der Waals surface area contributed by atoms with E-state index in [0.29, 0.717) is 12.1 Å². The van der Waals surface area contributed by atoms with Gasteiger partial charge in [0.25, 0.3) is 0 Å². The summed E-state index contributed by atoms with van der Waals surface area (Å²) in [4.78, 5) is 0. The average Bonchev–Trinajstić information content (AvgIpc) is 2.45. The lowest BCUT2D eigenvalue weighted by atomic mass is 9.83. The molecule has 0 aromatic heterocycles. The van der Waals surface area contributed by atoms with Crippen LogP contribution in [0.4, 0.5) is 0 Å². The van der Waals surface area contributed by atoms with Crippen molar-refractivity contribution in [2.75, 3.05) is 0 Å². The summed E-state index contributed by atoms with van der Waals surface area (Å²) in [5, 5.41) is 3.89. The average molecular weight is 287 g/mol. The monoisotopic (exact) mass is 287 g/mol. The molecule has 1 fully saturated rings. The smallest absolute Gasteiger partial charge is 0.0297 e. The molecule has 21 heavy (non-hydrogen) atoms. The minimum atomic E-state index is 0.469. The quantitative estimate of drug-likeness (QED) is 0.741. The van der Waals surface area contributed by atoms with Gasteiger partial charge in [0, 0.05) is 12.1 Å². The van der Waals surface area contributed by atoms with Crippen LogP contribution in [0.3, 0.4) is 0 Å². The van der Waals surface area contributed by atoms with Gasteiger partial charge in [0.05, 0.1) is 0 Å². The molecule has 1 aliphatic rings. The molecule has 1 nitrogen and oxygen atoms in total. The molecule has 1 atom stereocenters. The van der Waals surface area contributed by atoms with Crippen LogP contribution in [-0.2, 0) is 0 Å². The van der Waals surface area contributed by atoms with Crippen molar-refractivity contribution in [3.8, 4) is 0 Å². The summed E-state index contributed by atoms with van der Waals surface area (Å²) in [6.07, 6.45) is 8.34. The Bertz CT molecular complexity index is 455. The van der Waals surface area contributed by atoms with Crippen LogP contribution in [0, 0.1) is 26.7 Å². The molecule has 0 radical (unpaired) electrons. The molecule has 0 amide bonds. The predicted molar refractivity (Wildman–Crippen MR) is 92.9 cm³/mol. The Morgan fingerprint density at radius 1 is 1.00 bits per heavy atom. The molecule has 1 unspecified atom stereocenters. The molecular formula is C20H33N. The van der Waals surface area contributed by atoms with Gasteiger partial charge < -0.3 is 5.32 Å². The maximum atomic E-state index is 3.89. The summed E-state index contributed by atoms with van der Waals surface area (Å²) < 4.78 is 0. The van der Waals surface area contributed by atoms with Gasteiger partial charge in [-0.2, -0.15) is 0 Å². The van der Waals surface area contributed by atoms with E-state index < -0.39 is 0 Å². The van der Waals surface area contributed by atoms with E-state index in [1.165, 1.54) is 60.8 Å². The fourth-order valence-corrected chi connectivity index (χ4v) is 3.92. The summed E-state index contributed by atoms with van der Waals surface area (Å²) in [5.74, 6) is 0.992. The molecule has 2 rings (SSSR count). The lowest BCUT2D eigenvalue weighted by Gasteiger charge is -2.32. The van der Waals surface area contributed by atoms with E-state index in [1.807, 2.05) is 0 Å². The van der Waals surface area contributed by atoms with Crippen molar-refractivity contribution >= 4 is 0 Å². The van der Waals surface area contributed by atoms with Crippen LogP contribution in [-0.4, -0.2) is 6.04 Å². The van der Waals surface area contributed by atoms with E-state index in [4.69, 9.17) is 0 Å². The third kappa shape index (κ3) is 4.32. The maximum Gasteiger partial charge on any atom is 0.0297 e. The second-order valence-corrected chi connectivity index (χ2v) is 7.19. The number of nitrogens with one attached hydrogen (secondary N) is 1. The Morgan fingerprint density at radius 2 is 1.62 bits per heavy atom. The topological polar surface area (TPSA) is 12.0 Å². The molecule has 0 heterocycles. The van der Waals surface area contributed by atoms with Crippen molar-refractivity contribution in [1.82, 2.24) is 5.32 Å². The second-order valence-electron chi connectivity index (χ2n) is 7.19. The van der Waals surface area contributed by atoms with Gasteiger partial charge in [0.1, 0.15) is 0 Å². The van der Waals surface area contributed by atoms with Gasteiger partial charge in [0.15, 0.2) is 0 Å². The highest BCUT2D eigenvalue weighted by Crippen LogP contribution is 2.30. The van der Waals surface area contributed by atoms with Crippen LogP contribution in [0.5, 0.6) is 0 Å². The minimum Gasteiger partial charge on any atom is -0.307 e. The zero-order chi connectivity index (χ0) is 15.4. The first kappa shape index (κ1) is 16.5. The molecule has 118 valence electrons. The minimum absolute atomic E-state index is 0.469. The van der Waals surface area contributed by atoms with Gasteiger partial charge in [-0.15, -0.1) is 0 Å². The third-order valence-corrected chi connectivity index (χ3v) is 5.38. The van der Waals surface area contributed by atoms with Crippen LogP contribution < -0.4 is 5.32 Å². The van der Waals surface area contributed by atoms with Crippen LogP contribution in [0.1, 0.15) is 80.7 Å². The second kappa shape index (κ2) is 7.45. The van der Waals surface area contributed by atoms with Crippen molar-refractivity contribution in [3.63, 3.8) is 0 Å². The van der Waals surface area contributed by atoms with Crippen molar-refractivity contribution in [3.05, 3.63) is 34.4 Å². The van der Waals surface area contributed by atoms with Crippen molar-refractivity contribution < 1.29 is 0 Å². The van der Waals surface area contributed by atoms with Crippen LogP contribution in [0.2, 0.25) is 0 Å². The predicted octanol–water partition coefficient (Wildman–Crippen LogP) is 5.62. The maximum absolute atomic E-state index is 3.89. The Kier molecular flexibility index (Phi) is 5.87. The van der Waals surface area contributed by atoms with Crippen molar-refractivity contribution in [2.45, 2.75) is 85.2 Å². The largest absolute Gasteiger partial charge is 0.307 e. The molecular weight excluding hydrogens is 254 g/mol. The lowest BCUT2D eigenvalue weighted by molar-refractivity contribution is 0.266. The van der Waals surface area contributed by atoms with Crippen molar-refractivity contribution in [2.24, 2.45) is 5.92 Å². The van der Waals surface area contributed by atoms with E-state index >= 15 is 0 Å². The number of rotatable bonds is 5. The Labute approximate surface area is 131 Å². The van der Waals surface area contributed by atoms with E-state index in [-0.39, 0.29) is 0 Å². The highest BCUT2D eigenvalue weighted by Gasteiger charge is 2.22. The van der Waals surface area contributed by atoms with E-state index in [9.17, 15) is 0 Å². The Hall–Kier alpha value is -0.820. The van der Waals surface area contributed by atoms with Crippen LogP contribution >= 0.6 is 0 Å². The third-order valence-electron chi connectivity index (χ3n) is 5.38. The summed E-state index contributed by atoms with van der Waals surface area (Å²) in [6, 6.07) is 5.90. The first-order valence-corrected chi connectivity index (χ1v) is 8.85. The molecule has 1 heteroatoms. The fourth-order valence-electron chi connectivity index (χ4n) is 3.92. The highest BCUT2D eigenvalue weighted by molar-refractivity contribution is 5.38. The number of benzene rings is 1. The SMILES string of the molecule is CCCC1CCC(NC(C)c2cc(C)c(C)cc2C)CC1. The summed E-state index contributed by atoms with van der Waals surface area (Å²) in [6.45, 7) is 11.3. The van der Waals surface area contributed by atoms with Gasteiger partial charge in [-0.05, 0) is 81.5 Å². The number of hydrogen-bond acceptors (Lipinski definition) is 1. The number of hydrogen-bond donors (Lipinski definition) is 1. The Morgan fingerprint density at radius 3 is 2.24 bits per heavy atom. The summed E-state index contributed by atoms with van der Waals surface area (Å²) in [7, 11) is 0. The molecule has 0 bridgehead atoms. The zero-order valence-electron chi connectivity index (χ0n) is 14.6. The van der Waals surface area contributed by atoms with Gasteiger partial charge in [0.2, 0.25) is 0 Å². The van der Waals surface area contributed by atoms with Gasteiger partial charge >= 0.3 is 0 Å². The molecule has 1 aromatic carbocycles. The molecule has 1 aromatic rings. The summed E-state index contributed by atoms with van der Waals surface area (Å²) in [5.41, 5.74) is 5.73. The summed E-state index contributed by atoms with van der Waals surface area (Å²) >= 11 is 0. The first-order chi connectivity index (χ1) is 10.0. The molecule has 1 saturated carbocycles.